The van der Waals surface area contributed by atoms with E-state index >= 15 is 0 Å². The first-order valence-electron chi connectivity index (χ1n) is 11.2. The van der Waals surface area contributed by atoms with Crippen molar-refractivity contribution in [3.05, 3.63) is 85.2 Å². The molecule has 0 bridgehead atoms. The number of halogens is 2. The van der Waals surface area contributed by atoms with Crippen molar-refractivity contribution in [1.29, 1.82) is 0 Å². The molecule has 1 amide bonds. The molecule has 9 heteroatoms. The summed E-state index contributed by atoms with van der Waals surface area (Å²) in [7, 11) is 1.63. The van der Waals surface area contributed by atoms with E-state index < -0.39 is 0 Å². The second-order valence-corrected chi connectivity index (χ2v) is 9.39. The van der Waals surface area contributed by atoms with Crippen molar-refractivity contribution in [1.82, 2.24) is 14.5 Å². The van der Waals surface area contributed by atoms with Crippen LogP contribution in [0, 0.1) is 0 Å². The van der Waals surface area contributed by atoms with Gasteiger partial charge in [-0.3, -0.25) is 14.2 Å². The third kappa shape index (κ3) is 4.50. The number of amides is 1. The van der Waals surface area contributed by atoms with Gasteiger partial charge in [0.15, 0.2) is 0 Å². The minimum atomic E-state index is -0.162. The van der Waals surface area contributed by atoms with Crippen molar-refractivity contribution in [3.63, 3.8) is 0 Å². The van der Waals surface area contributed by atoms with Crippen LogP contribution in [0.1, 0.15) is 46.1 Å². The summed E-state index contributed by atoms with van der Waals surface area (Å²) in [6, 6.07) is 12.8. The molecule has 0 spiro atoms. The smallest absolute Gasteiger partial charge is 0.258 e. The number of carbonyl (C=O) groups is 1. The van der Waals surface area contributed by atoms with E-state index in [0.29, 0.717) is 52.3 Å². The fourth-order valence-electron chi connectivity index (χ4n) is 4.21. The monoisotopic (exact) mass is 498 g/mol. The Morgan fingerprint density at radius 3 is 2.59 bits per heavy atom. The molecule has 1 aliphatic heterocycles. The van der Waals surface area contributed by atoms with E-state index in [-0.39, 0.29) is 24.1 Å². The number of aromatic nitrogens is 2. The average molecular weight is 499 g/mol. The van der Waals surface area contributed by atoms with Crippen molar-refractivity contribution < 1.29 is 9.53 Å². The Balaban J connectivity index is 1.41. The number of methoxy groups -OCH3 is 1. The fraction of sp³-hybridized carbons (Fsp3) is 0.320. The lowest BCUT2D eigenvalue weighted by molar-refractivity contribution is 0.0731. The standard InChI is InChI=1S/C25H24Cl2N4O3/c1-34-18-7-2-15(3-8-18)13-28-25-29-22-14-30(23(32)16-4-9-20(26)21(27)12-16)11-10-19(22)24(33)31(25)17-5-6-17/h2-4,7-9,12,17H,5-6,10-11,13-14H2,1H3,(H,28,29). The zero-order valence-corrected chi connectivity index (χ0v) is 20.2. The second-order valence-electron chi connectivity index (χ2n) is 8.57. The molecule has 2 aromatic carbocycles. The summed E-state index contributed by atoms with van der Waals surface area (Å²) in [5, 5.41) is 4.08. The molecule has 0 unspecified atom stereocenters. The second kappa shape index (κ2) is 9.31. The minimum Gasteiger partial charge on any atom is -0.497 e. The Morgan fingerprint density at radius 2 is 1.91 bits per heavy atom. The van der Waals surface area contributed by atoms with E-state index in [0.717, 1.165) is 24.2 Å². The normalized spacial score (nSPS) is 15.1. The zero-order valence-electron chi connectivity index (χ0n) is 18.7. The molecule has 1 N–H and O–H groups in total. The number of nitrogens with zero attached hydrogens (tertiary/aromatic N) is 3. The fourth-order valence-corrected chi connectivity index (χ4v) is 4.51. The molecule has 0 saturated heterocycles. The highest BCUT2D eigenvalue weighted by Gasteiger charge is 2.32. The van der Waals surface area contributed by atoms with Gasteiger partial charge in [-0.1, -0.05) is 35.3 Å². The van der Waals surface area contributed by atoms with Crippen LogP contribution < -0.4 is 15.6 Å². The summed E-state index contributed by atoms with van der Waals surface area (Å²) in [6.45, 7) is 1.24. The molecule has 2 aliphatic rings. The Bertz CT molecular complexity index is 1300. The average Bonchev–Trinajstić information content (AvgIpc) is 3.69. The number of fused-ring (bicyclic) bond motifs is 1. The van der Waals surface area contributed by atoms with Gasteiger partial charge in [-0.25, -0.2) is 4.98 Å². The van der Waals surface area contributed by atoms with Gasteiger partial charge in [0.2, 0.25) is 5.95 Å². The Morgan fingerprint density at radius 1 is 1.15 bits per heavy atom. The first-order valence-corrected chi connectivity index (χ1v) is 12.0. The first kappa shape index (κ1) is 22.7. The van der Waals surface area contributed by atoms with E-state index in [1.54, 1.807) is 34.8 Å². The number of hydrogen-bond acceptors (Lipinski definition) is 5. The van der Waals surface area contributed by atoms with Crippen molar-refractivity contribution in [2.45, 2.75) is 38.4 Å². The van der Waals surface area contributed by atoms with Crippen LogP contribution in [0.2, 0.25) is 10.0 Å². The highest BCUT2D eigenvalue weighted by molar-refractivity contribution is 6.42. The quantitative estimate of drug-likeness (QED) is 0.532. The number of benzene rings is 2. The summed E-state index contributed by atoms with van der Waals surface area (Å²) < 4.78 is 7.01. The molecule has 1 fully saturated rings. The predicted molar refractivity (Wildman–Crippen MR) is 132 cm³/mol. The van der Waals surface area contributed by atoms with Crippen molar-refractivity contribution in [2.24, 2.45) is 0 Å². The molecule has 1 aliphatic carbocycles. The van der Waals surface area contributed by atoms with Crippen LogP contribution in [0.4, 0.5) is 5.95 Å². The lowest BCUT2D eigenvalue weighted by Gasteiger charge is -2.29. The molecule has 0 radical (unpaired) electrons. The number of hydrogen-bond donors (Lipinski definition) is 1. The number of ether oxygens (including phenoxy) is 1. The van der Waals surface area contributed by atoms with Crippen LogP contribution in [-0.2, 0) is 19.5 Å². The van der Waals surface area contributed by atoms with Crippen molar-refractivity contribution in [2.75, 3.05) is 19.0 Å². The van der Waals surface area contributed by atoms with E-state index in [2.05, 4.69) is 5.32 Å². The van der Waals surface area contributed by atoms with Gasteiger partial charge < -0.3 is 15.0 Å². The molecule has 1 saturated carbocycles. The number of nitrogens with one attached hydrogen (secondary N) is 1. The van der Waals surface area contributed by atoms with E-state index in [1.807, 2.05) is 24.3 Å². The van der Waals surface area contributed by atoms with Crippen LogP contribution in [0.15, 0.2) is 47.3 Å². The molecule has 1 aromatic heterocycles. The van der Waals surface area contributed by atoms with E-state index in [1.165, 1.54) is 0 Å². The molecular formula is C25H24Cl2N4O3. The maximum Gasteiger partial charge on any atom is 0.258 e. The largest absolute Gasteiger partial charge is 0.497 e. The van der Waals surface area contributed by atoms with Crippen LogP contribution in [0.25, 0.3) is 0 Å². The summed E-state index contributed by atoms with van der Waals surface area (Å²) in [4.78, 5) is 33.0. The van der Waals surface area contributed by atoms with Gasteiger partial charge in [0, 0.05) is 30.3 Å². The summed E-state index contributed by atoms with van der Waals surface area (Å²) >= 11 is 12.1. The van der Waals surface area contributed by atoms with E-state index in [9.17, 15) is 9.59 Å². The number of rotatable bonds is 6. The van der Waals surface area contributed by atoms with Crippen LogP contribution in [0.3, 0.4) is 0 Å². The van der Waals surface area contributed by atoms with Gasteiger partial charge in [-0.05, 0) is 55.2 Å². The van der Waals surface area contributed by atoms with Crippen LogP contribution >= 0.6 is 23.2 Å². The van der Waals surface area contributed by atoms with Crippen molar-refractivity contribution >= 4 is 35.1 Å². The number of carbonyl (C=O) groups excluding carboxylic acids is 1. The van der Waals surface area contributed by atoms with Crippen molar-refractivity contribution in [3.8, 4) is 5.75 Å². The van der Waals surface area contributed by atoms with Gasteiger partial charge in [0.05, 0.1) is 29.4 Å². The van der Waals surface area contributed by atoms with Gasteiger partial charge in [0.25, 0.3) is 11.5 Å². The van der Waals surface area contributed by atoms with Gasteiger partial charge >= 0.3 is 0 Å². The zero-order chi connectivity index (χ0) is 23.8. The molecule has 2 heterocycles. The SMILES string of the molecule is COc1ccc(CNc2nc3c(c(=O)n2C2CC2)CCN(C(=O)c2ccc(Cl)c(Cl)c2)C3)cc1. The molecular weight excluding hydrogens is 475 g/mol. The molecule has 5 rings (SSSR count). The Kier molecular flexibility index (Phi) is 6.23. The lowest BCUT2D eigenvalue weighted by Crippen LogP contribution is -2.41. The Labute approximate surface area is 207 Å². The molecule has 34 heavy (non-hydrogen) atoms. The molecule has 0 atom stereocenters. The topological polar surface area (TPSA) is 76.5 Å². The van der Waals surface area contributed by atoms with Crippen LogP contribution in [0.5, 0.6) is 5.75 Å². The van der Waals surface area contributed by atoms with Crippen LogP contribution in [-0.4, -0.2) is 34.0 Å². The molecule has 176 valence electrons. The third-order valence-electron chi connectivity index (χ3n) is 6.24. The lowest BCUT2D eigenvalue weighted by atomic mass is 10.0. The highest BCUT2D eigenvalue weighted by atomic mass is 35.5. The van der Waals surface area contributed by atoms with Gasteiger partial charge in [-0.15, -0.1) is 0 Å². The molecule has 7 nitrogen and oxygen atoms in total. The highest BCUT2D eigenvalue weighted by Crippen LogP contribution is 2.36. The predicted octanol–water partition coefficient (Wildman–Crippen LogP) is 4.70. The molecule has 3 aromatic rings. The number of anilines is 1. The van der Waals surface area contributed by atoms with Gasteiger partial charge in [-0.2, -0.15) is 0 Å². The van der Waals surface area contributed by atoms with Gasteiger partial charge in [0.1, 0.15) is 5.75 Å². The summed E-state index contributed by atoms with van der Waals surface area (Å²) in [6.07, 6.45) is 2.42. The minimum absolute atomic E-state index is 0.00799. The maximum atomic E-state index is 13.4. The summed E-state index contributed by atoms with van der Waals surface area (Å²) in [5.74, 6) is 1.17. The summed E-state index contributed by atoms with van der Waals surface area (Å²) in [5.41, 5.74) is 2.83. The Hall–Kier alpha value is -3.03. The third-order valence-corrected chi connectivity index (χ3v) is 6.98. The van der Waals surface area contributed by atoms with E-state index in [4.69, 9.17) is 32.9 Å². The first-order chi connectivity index (χ1) is 16.4. The maximum absolute atomic E-state index is 13.4.